The minimum atomic E-state index is -0.00739. The van der Waals surface area contributed by atoms with E-state index in [-0.39, 0.29) is 17.9 Å². The zero-order chi connectivity index (χ0) is 20.1. The fraction of sp³-hybridized carbons (Fsp3) is 0.391. The number of likely N-dealkylation sites (N-methyl/N-ethyl adjacent to an activating group) is 1. The smallest absolute Gasteiger partial charge is 0.253 e. The third-order valence-electron chi connectivity index (χ3n) is 5.42. The highest BCUT2D eigenvalue weighted by atomic mass is 16.2. The Morgan fingerprint density at radius 2 is 1.68 bits per heavy atom. The molecule has 1 heterocycles. The van der Waals surface area contributed by atoms with Crippen LogP contribution < -0.4 is 0 Å². The summed E-state index contributed by atoms with van der Waals surface area (Å²) in [6.45, 7) is 2.39. The fourth-order valence-corrected chi connectivity index (χ4v) is 3.62. The second-order valence-corrected chi connectivity index (χ2v) is 7.64. The van der Waals surface area contributed by atoms with E-state index >= 15 is 0 Å². The molecule has 0 saturated carbocycles. The molecular weight excluding hydrogens is 350 g/mol. The normalized spacial score (nSPS) is 17.4. The van der Waals surface area contributed by atoms with E-state index in [0.29, 0.717) is 18.4 Å². The molecule has 0 aliphatic carbocycles. The maximum Gasteiger partial charge on any atom is 0.253 e. The monoisotopic (exact) mass is 379 g/mol. The average Bonchev–Trinajstić information content (AvgIpc) is 2.72. The van der Waals surface area contributed by atoms with Crippen molar-refractivity contribution in [2.24, 2.45) is 0 Å². The van der Waals surface area contributed by atoms with Gasteiger partial charge in [0.15, 0.2) is 0 Å². The van der Waals surface area contributed by atoms with Gasteiger partial charge in [-0.15, -0.1) is 0 Å². The number of hydrogen-bond acceptors (Lipinski definition) is 3. The first-order valence-electron chi connectivity index (χ1n) is 9.79. The molecule has 3 rings (SSSR count). The molecule has 0 bridgehead atoms. The molecule has 1 aliphatic heterocycles. The molecule has 28 heavy (non-hydrogen) atoms. The first-order valence-corrected chi connectivity index (χ1v) is 9.79. The first-order chi connectivity index (χ1) is 13.5. The van der Waals surface area contributed by atoms with Gasteiger partial charge >= 0.3 is 0 Å². The molecule has 1 unspecified atom stereocenters. The van der Waals surface area contributed by atoms with Crippen LogP contribution in [-0.2, 0) is 11.2 Å². The van der Waals surface area contributed by atoms with Gasteiger partial charge < -0.3 is 9.80 Å². The quantitative estimate of drug-likeness (QED) is 0.802. The van der Waals surface area contributed by atoms with E-state index < -0.39 is 0 Å². The minimum absolute atomic E-state index is 0.00739. The lowest BCUT2D eigenvalue weighted by molar-refractivity contribution is -0.134. The van der Waals surface area contributed by atoms with E-state index in [0.717, 1.165) is 25.2 Å². The Bertz CT molecular complexity index is 802. The molecule has 0 radical (unpaired) electrons. The van der Waals surface area contributed by atoms with Crippen LogP contribution in [0.2, 0.25) is 0 Å². The highest BCUT2D eigenvalue weighted by molar-refractivity contribution is 5.93. The van der Waals surface area contributed by atoms with Gasteiger partial charge in [-0.3, -0.25) is 14.5 Å². The molecule has 148 valence electrons. The van der Waals surface area contributed by atoms with E-state index in [1.165, 1.54) is 5.56 Å². The summed E-state index contributed by atoms with van der Waals surface area (Å²) >= 11 is 0. The van der Waals surface area contributed by atoms with Gasteiger partial charge in [-0.25, -0.2) is 0 Å². The van der Waals surface area contributed by atoms with Crippen LogP contribution >= 0.6 is 0 Å². The molecule has 5 nitrogen and oxygen atoms in total. The molecule has 1 aliphatic rings. The van der Waals surface area contributed by atoms with E-state index in [9.17, 15) is 9.59 Å². The zero-order valence-corrected chi connectivity index (χ0v) is 17.0. The Morgan fingerprint density at radius 3 is 2.32 bits per heavy atom. The van der Waals surface area contributed by atoms with Crippen molar-refractivity contribution in [3.63, 3.8) is 0 Å². The molecule has 5 heteroatoms. The van der Waals surface area contributed by atoms with Crippen molar-refractivity contribution in [3.8, 4) is 0 Å². The lowest BCUT2D eigenvalue weighted by Crippen LogP contribution is -2.49. The zero-order valence-electron chi connectivity index (χ0n) is 17.0. The first kappa shape index (κ1) is 20.1. The van der Waals surface area contributed by atoms with Crippen molar-refractivity contribution in [2.75, 3.05) is 40.8 Å². The van der Waals surface area contributed by atoms with Crippen LogP contribution in [0.25, 0.3) is 0 Å². The average molecular weight is 380 g/mol. The Labute approximate surface area is 167 Å². The number of aryl methyl sites for hydroxylation is 1. The Hall–Kier alpha value is -2.66. The molecule has 0 spiro atoms. The number of piperazine rings is 1. The molecule has 1 atom stereocenters. The molecule has 1 fully saturated rings. The summed E-state index contributed by atoms with van der Waals surface area (Å²) in [5, 5.41) is 0. The SMILES string of the molecule is CN(C)C(=O)c1ccc(CCC(=O)N2CCN(C)C(c3ccccc3)C2)cc1. The van der Waals surface area contributed by atoms with Gasteiger partial charge in [0.25, 0.3) is 5.91 Å². The van der Waals surface area contributed by atoms with Gasteiger partial charge in [0.1, 0.15) is 0 Å². The maximum atomic E-state index is 12.8. The number of hydrogen-bond donors (Lipinski definition) is 0. The lowest BCUT2D eigenvalue weighted by Gasteiger charge is -2.39. The lowest BCUT2D eigenvalue weighted by atomic mass is 10.0. The van der Waals surface area contributed by atoms with Crippen LogP contribution in [0, 0.1) is 0 Å². The highest BCUT2D eigenvalue weighted by Crippen LogP contribution is 2.24. The van der Waals surface area contributed by atoms with Gasteiger partial charge in [0.2, 0.25) is 5.91 Å². The molecule has 2 aromatic rings. The summed E-state index contributed by atoms with van der Waals surface area (Å²) in [5.41, 5.74) is 3.01. The van der Waals surface area contributed by atoms with Crippen molar-refractivity contribution in [1.82, 2.24) is 14.7 Å². The van der Waals surface area contributed by atoms with Crippen LogP contribution in [0.15, 0.2) is 54.6 Å². The van der Waals surface area contributed by atoms with Crippen molar-refractivity contribution in [2.45, 2.75) is 18.9 Å². The van der Waals surface area contributed by atoms with Crippen LogP contribution in [0.1, 0.15) is 33.9 Å². The number of carbonyl (C=O) groups is 2. The van der Waals surface area contributed by atoms with Crippen LogP contribution in [0.4, 0.5) is 0 Å². The number of nitrogens with zero attached hydrogens (tertiary/aromatic N) is 3. The van der Waals surface area contributed by atoms with Gasteiger partial charge in [0.05, 0.1) is 6.04 Å². The number of carbonyl (C=O) groups excluding carboxylic acids is 2. The van der Waals surface area contributed by atoms with Crippen molar-refractivity contribution in [3.05, 3.63) is 71.3 Å². The van der Waals surface area contributed by atoms with Crippen molar-refractivity contribution < 1.29 is 9.59 Å². The van der Waals surface area contributed by atoms with E-state index in [1.54, 1.807) is 19.0 Å². The van der Waals surface area contributed by atoms with E-state index in [4.69, 9.17) is 0 Å². The molecule has 2 aromatic carbocycles. The summed E-state index contributed by atoms with van der Waals surface area (Å²) in [4.78, 5) is 30.6. The van der Waals surface area contributed by atoms with E-state index in [2.05, 4.69) is 36.2 Å². The van der Waals surface area contributed by atoms with Gasteiger partial charge in [-0.1, -0.05) is 42.5 Å². The number of rotatable bonds is 5. The van der Waals surface area contributed by atoms with E-state index in [1.807, 2.05) is 35.2 Å². The summed E-state index contributed by atoms with van der Waals surface area (Å²) in [5.74, 6) is 0.189. The molecule has 0 N–H and O–H groups in total. The summed E-state index contributed by atoms with van der Waals surface area (Å²) < 4.78 is 0. The van der Waals surface area contributed by atoms with Crippen molar-refractivity contribution in [1.29, 1.82) is 0 Å². The molecule has 0 aromatic heterocycles. The van der Waals surface area contributed by atoms with Crippen LogP contribution in [0.3, 0.4) is 0 Å². The minimum Gasteiger partial charge on any atom is -0.345 e. The Morgan fingerprint density at radius 1 is 1.00 bits per heavy atom. The third kappa shape index (κ3) is 4.78. The second-order valence-electron chi connectivity index (χ2n) is 7.64. The predicted octanol–water partition coefficient (Wildman–Crippen LogP) is 2.84. The summed E-state index contributed by atoms with van der Waals surface area (Å²) in [6, 6.07) is 18.2. The van der Waals surface area contributed by atoms with Crippen LogP contribution in [-0.4, -0.2) is 67.3 Å². The van der Waals surface area contributed by atoms with Crippen molar-refractivity contribution >= 4 is 11.8 Å². The number of benzene rings is 2. The highest BCUT2D eigenvalue weighted by Gasteiger charge is 2.28. The number of amides is 2. The molecular formula is C23H29N3O2. The largest absolute Gasteiger partial charge is 0.345 e. The summed E-state index contributed by atoms with van der Waals surface area (Å²) in [7, 11) is 5.61. The third-order valence-corrected chi connectivity index (χ3v) is 5.42. The predicted molar refractivity (Wildman–Crippen MR) is 111 cm³/mol. The Balaban J connectivity index is 1.57. The second kappa shape index (κ2) is 9.02. The maximum absolute atomic E-state index is 12.8. The van der Waals surface area contributed by atoms with Gasteiger partial charge in [-0.2, -0.15) is 0 Å². The molecule has 2 amide bonds. The van der Waals surface area contributed by atoms with Gasteiger partial charge in [0, 0.05) is 45.7 Å². The molecule has 1 saturated heterocycles. The summed E-state index contributed by atoms with van der Waals surface area (Å²) in [6.07, 6.45) is 1.18. The Kier molecular flexibility index (Phi) is 6.47. The van der Waals surface area contributed by atoms with Crippen LogP contribution in [0.5, 0.6) is 0 Å². The van der Waals surface area contributed by atoms with Gasteiger partial charge in [-0.05, 0) is 36.7 Å². The fourth-order valence-electron chi connectivity index (χ4n) is 3.62. The topological polar surface area (TPSA) is 43.9 Å². The standard InChI is InChI=1S/C23H29N3O2/c1-24(2)23(28)20-12-9-18(10-13-20)11-14-22(27)26-16-15-25(3)21(17-26)19-7-5-4-6-8-19/h4-10,12-13,21H,11,14-17H2,1-3H3.